The van der Waals surface area contributed by atoms with Crippen LogP contribution in [0.15, 0.2) is 0 Å². The van der Waals surface area contributed by atoms with Crippen molar-refractivity contribution in [3.8, 4) is 0 Å². The number of hydrogen-bond donors (Lipinski definition) is 1. The van der Waals surface area contributed by atoms with Crippen LogP contribution in [0.3, 0.4) is 0 Å². The van der Waals surface area contributed by atoms with Crippen LogP contribution in [0.4, 0.5) is 0 Å². The molecule has 0 amide bonds. The monoisotopic (exact) mass is 216 g/mol. The van der Waals surface area contributed by atoms with Crippen LogP contribution in [0.2, 0.25) is 0 Å². The Bertz CT molecular complexity index is 169. The van der Waals surface area contributed by atoms with Gasteiger partial charge in [-0.15, -0.1) is 0 Å². The minimum Gasteiger partial charge on any atom is -0.396 e. The lowest BCUT2D eigenvalue weighted by molar-refractivity contribution is -0.121. The van der Waals surface area contributed by atoms with Crippen molar-refractivity contribution in [1.82, 2.24) is 0 Å². The third-order valence-corrected chi connectivity index (χ3v) is 5.05. The Labute approximate surface area is 90.4 Å². The van der Waals surface area contributed by atoms with E-state index >= 15 is 0 Å². The Morgan fingerprint density at radius 2 is 1.93 bits per heavy atom. The molecule has 1 heterocycles. The maximum Gasteiger partial charge on any atom is 0.0575 e. The van der Waals surface area contributed by atoms with E-state index in [0.29, 0.717) is 6.61 Å². The Morgan fingerprint density at radius 1 is 1.21 bits per heavy atom. The fourth-order valence-corrected chi connectivity index (χ4v) is 3.65. The molecule has 0 spiro atoms. The maximum absolute atomic E-state index is 9.27. The molecule has 2 fully saturated rings. The van der Waals surface area contributed by atoms with Gasteiger partial charge < -0.3 is 9.84 Å². The van der Waals surface area contributed by atoms with Crippen LogP contribution < -0.4 is 0 Å². The van der Waals surface area contributed by atoms with Crippen LogP contribution >= 0.6 is 11.8 Å². The normalized spacial score (nSPS) is 27.2. The zero-order valence-electron chi connectivity index (χ0n) is 8.71. The van der Waals surface area contributed by atoms with Crippen LogP contribution in [0.25, 0.3) is 0 Å². The second-order valence-electron chi connectivity index (χ2n) is 4.72. The van der Waals surface area contributed by atoms with Gasteiger partial charge in [-0.05, 0) is 12.8 Å². The quantitative estimate of drug-likeness (QED) is 0.780. The van der Waals surface area contributed by atoms with Crippen molar-refractivity contribution in [2.45, 2.75) is 37.4 Å². The van der Waals surface area contributed by atoms with Crippen molar-refractivity contribution in [2.75, 3.05) is 25.6 Å². The number of hydrogen-bond acceptors (Lipinski definition) is 3. The predicted octanol–water partition coefficient (Wildman–Crippen LogP) is 2.06. The van der Waals surface area contributed by atoms with Gasteiger partial charge in [-0.2, -0.15) is 11.8 Å². The van der Waals surface area contributed by atoms with Crippen molar-refractivity contribution in [3.05, 3.63) is 0 Å². The fourth-order valence-electron chi connectivity index (χ4n) is 2.14. The molecular formula is C11H20O2S. The molecule has 1 saturated heterocycles. The molecule has 0 bridgehead atoms. The van der Waals surface area contributed by atoms with Crippen LogP contribution in [-0.2, 0) is 4.74 Å². The number of rotatable bonds is 4. The number of aliphatic hydroxyl groups is 1. The number of ether oxygens (including phenoxy) is 1. The molecule has 14 heavy (non-hydrogen) atoms. The standard InChI is InChI=1S/C11H20O2S/c12-6-11(7-13-8-11)9-14-10-4-2-1-3-5-10/h10,12H,1-9H2. The van der Waals surface area contributed by atoms with E-state index in [1.807, 2.05) is 0 Å². The second kappa shape index (κ2) is 4.86. The van der Waals surface area contributed by atoms with Gasteiger partial charge in [-0.1, -0.05) is 19.3 Å². The molecule has 82 valence electrons. The highest BCUT2D eigenvalue weighted by Gasteiger charge is 2.38. The minimum atomic E-state index is 0.113. The van der Waals surface area contributed by atoms with E-state index < -0.39 is 0 Å². The summed E-state index contributed by atoms with van der Waals surface area (Å²) in [6.45, 7) is 1.83. The number of aliphatic hydroxyl groups excluding tert-OH is 1. The molecule has 1 N–H and O–H groups in total. The largest absolute Gasteiger partial charge is 0.396 e. The van der Waals surface area contributed by atoms with E-state index in [9.17, 15) is 5.11 Å². The van der Waals surface area contributed by atoms with Gasteiger partial charge in [-0.25, -0.2) is 0 Å². The van der Waals surface area contributed by atoms with Gasteiger partial charge in [-0.3, -0.25) is 0 Å². The first kappa shape index (κ1) is 10.8. The highest BCUT2D eigenvalue weighted by molar-refractivity contribution is 7.99. The first-order valence-electron chi connectivity index (χ1n) is 5.65. The molecule has 0 radical (unpaired) electrons. The Kier molecular flexibility index (Phi) is 3.74. The highest BCUT2D eigenvalue weighted by atomic mass is 32.2. The Morgan fingerprint density at radius 3 is 2.43 bits per heavy atom. The van der Waals surface area contributed by atoms with Crippen molar-refractivity contribution in [1.29, 1.82) is 0 Å². The average Bonchev–Trinajstić information content (AvgIpc) is 2.19. The van der Waals surface area contributed by atoms with E-state index in [0.717, 1.165) is 24.2 Å². The highest BCUT2D eigenvalue weighted by Crippen LogP contribution is 2.36. The van der Waals surface area contributed by atoms with E-state index in [4.69, 9.17) is 4.74 Å². The maximum atomic E-state index is 9.27. The first-order chi connectivity index (χ1) is 6.85. The molecule has 1 saturated carbocycles. The summed E-state index contributed by atoms with van der Waals surface area (Å²) in [7, 11) is 0. The summed E-state index contributed by atoms with van der Waals surface area (Å²) in [6.07, 6.45) is 6.99. The minimum absolute atomic E-state index is 0.113. The van der Waals surface area contributed by atoms with Gasteiger partial charge in [0.15, 0.2) is 0 Å². The zero-order chi connectivity index (χ0) is 9.86. The van der Waals surface area contributed by atoms with Crippen LogP contribution in [0.5, 0.6) is 0 Å². The van der Waals surface area contributed by atoms with Crippen LogP contribution in [0, 0.1) is 5.41 Å². The SMILES string of the molecule is OCC1(CSC2CCCCC2)COC1. The van der Waals surface area contributed by atoms with Gasteiger partial charge >= 0.3 is 0 Å². The summed E-state index contributed by atoms with van der Waals surface area (Å²) in [6, 6.07) is 0. The molecule has 2 aliphatic rings. The van der Waals surface area contributed by atoms with Gasteiger partial charge in [0, 0.05) is 16.4 Å². The summed E-state index contributed by atoms with van der Waals surface area (Å²) in [4.78, 5) is 0. The first-order valence-corrected chi connectivity index (χ1v) is 6.70. The zero-order valence-corrected chi connectivity index (χ0v) is 9.52. The molecule has 1 aliphatic carbocycles. The van der Waals surface area contributed by atoms with Crippen molar-refractivity contribution >= 4 is 11.8 Å². The third kappa shape index (κ3) is 2.44. The molecule has 1 aliphatic heterocycles. The topological polar surface area (TPSA) is 29.5 Å². The summed E-state index contributed by atoms with van der Waals surface area (Å²) in [5.74, 6) is 1.09. The van der Waals surface area contributed by atoms with E-state index in [1.54, 1.807) is 0 Å². The molecule has 0 atom stereocenters. The van der Waals surface area contributed by atoms with E-state index in [1.165, 1.54) is 32.1 Å². The molecule has 0 aromatic carbocycles. The summed E-state index contributed by atoms with van der Waals surface area (Å²) >= 11 is 2.06. The van der Waals surface area contributed by atoms with Crippen LogP contribution in [0.1, 0.15) is 32.1 Å². The lowest BCUT2D eigenvalue weighted by Crippen LogP contribution is -2.48. The Hall–Kier alpha value is 0.270. The lowest BCUT2D eigenvalue weighted by atomic mass is 9.90. The van der Waals surface area contributed by atoms with Crippen molar-refractivity contribution in [3.63, 3.8) is 0 Å². The third-order valence-electron chi connectivity index (χ3n) is 3.33. The summed E-state index contributed by atoms with van der Waals surface area (Å²) < 4.78 is 5.20. The smallest absolute Gasteiger partial charge is 0.0575 e. The van der Waals surface area contributed by atoms with Crippen molar-refractivity contribution < 1.29 is 9.84 Å². The second-order valence-corrected chi connectivity index (χ2v) is 6.01. The van der Waals surface area contributed by atoms with Crippen LogP contribution in [-0.4, -0.2) is 35.9 Å². The molecular weight excluding hydrogens is 196 g/mol. The van der Waals surface area contributed by atoms with E-state index in [2.05, 4.69) is 11.8 Å². The lowest BCUT2D eigenvalue weighted by Gasteiger charge is -2.40. The van der Waals surface area contributed by atoms with Gasteiger partial charge in [0.2, 0.25) is 0 Å². The molecule has 3 heteroatoms. The Balaban J connectivity index is 1.69. The summed E-state index contributed by atoms with van der Waals surface area (Å²) in [5, 5.41) is 10.1. The molecule has 2 nitrogen and oxygen atoms in total. The average molecular weight is 216 g/mol. The van der Waals surface area contributed by atoms with Gasteiger partial charge in [0.1, 0.15) is 0 Å². The number of thioether (sulfide) groups is 1. The molecule has 0 aromatic heterocycles. The van der Waals surface area contributed by atoms with Crippen molar-refractivity contribution in [2.24, 2.45) is 5.41 Å². The molecule has 2 rings (SSSR count). The van der Waals surface area contributed by atoms with Gasteiger partial charge in [0.25, 0.3) is 0 Å². The fraction of sp³-hybridized carbons (Fsp3) is 1.00. The molecule has 0 unspecified atom stereocenters. The molecule has 0 aromatic rings. The summed E-state index contributed by atoms with van der Waals surface area (Å²) in [5.41, 5.74) is 0.113. The predicted molar refractivity (Wildman–Crippen MR) is 59.7 cm³/mol. The van der Waals surface area contributed by atoms with E-state index in [-0.39, 0.29) is 5.41 Å². The van der Waals surface area contributed by atoms with Gasteiger partial charge in [0.05, 0.1) is 19.8 Å².